The fourth-order valence-electron chi connectivity index (χ4n) is 2.90. The van der Waals surface area contributed by atoms with Crippen molar-refractivity contribution in [1.29, 1.82) is 0 Å². The SMILES string of the molecule is CCC1OCCC1CNCc1ccccc1CCN. The Kier molecular flexibility index (Phi) is 5.83. The molecule has 1 aromatic rings. The van der Waals surface area contributed by atoms with Crippen LogP contribution in [0.3, 0.4) is 0 Å². The van der Waals surface area contributed by atoms with Gasteiger partial charge in [0.1, 0.15) is 0 Å². The summed E-state index contributed by atoms with van der Waals surface area (Å²) in [5.41, 5.74) is 8.40. The van der Waals surface area contributed by atoms with Gasteiger partial charge in [0.25, 0.3) is 0 Å². The molecule has 1 heterocycles. The van der Waals surface area contributed by atoms with Gasteiger partial charge >= 0.3 is 0 Å². The third-order valence-corrected chi connectivity index (χ3v) is 4.00. The van der Waals surface area contributed by atoms with E-state index in [4.69, 9.17) is 10.5 Å². The Morgan fingerprint density at radius 3 is 2.84 bits per heavy atom. The normalized spacial score (nSPS) is 22.8. The van der Waals surface area contributed by atoms with E-state index < -0.39 is 0 Å². The summed E-state index contributed by atoms with van der Waals surface area (Å²) in [7, 11) is 0. The second-order valence-electron chi connectivity index (χ2n) is 5.30. The van der Waals surface area contributed by atoms with Crippen LogP contribution >= 0.6 is 0 Å². The minimum absolute atomic E-state index is 0.451. The summed E-state index contributed by atoms with van der Waals surface area (Å²) in [5, 5.41) is 3.59. The van der Waals surface area contributed by atoms with Crippen molar-refractivity contribution < 1.29 is 4.74 Å². The first-order valence-corrected chi connectivity index (χ1v) is 7.44. The summed E-state index contributed by atoms with van der Waals surface area (Å²) in [6.07, 6.45) is 3.72. The molecule has 0 spiro atoms. The van der Waals surface area contributed by atoms with Crippen LogP contribution < -0.4 is 11.1 Å². The predicted molar refractivity (Wildman–Crippen MR) is 79.0 cm³/mol. The largest absolute Gasteiger partial charge is 0.378 e. The van der Waals surface area contributed by atoms with Crippen molar-refractivity contribution in [2.24, 2.45) is 11.7 Å². The van der Waals surface area contributed by atoms with Gasteiger partial charge in [0.2, 0.25) is 0 Å². The highest BCUT2D eigenvalue weighted by atomic mass is 16.5. The number of hydrogen-bond donors (Lipinski definition) is 2. The zero-order chi connectivity index (χ0) is 13.5. The van der Waals surface area contributed by atoms with E-state index in [-0.39, 0.29) is 0 Å². The number of benzene rings is 1. The van der Waals surface area contributed by atoms with E-state index in [1.54, 1.807) is 0 Å². The van der Waals surface area contributed by atoms with E-state index in [0.717, 1.165) is 32.5 Å². The Morgan fingerprint density at radius 1 is 1.32 bits per heavy atom. The highest BCUT2D eigenvalue weighted by Crippen LogP contribution is 2.22. The first-order valence-electron chi connectivity index (χ1n) is 7.44. The van der Waals surface area contributed by atoms with Crippen molar-refractivity contribution in [3.05, 3.63) is 35.4 Å². The molecule has 1 fully saturated rings. The standard InChI is InChI=1S/C16H26N2O/c1-2-16-15(8-10-19-16)12-18-11-14-6-4-3-5-13(14)7-9-17/h3-6,15-16,18H,2,7-12,17H2,1H3. The fourth-order valence-corrected chi connectivity index (χ4v) is 2.90. The van der Waals surface area contributed by atoms with Crippen LogP contribution in [0.5, 0.6) is 0 Å². The lowest BCUT2D eigenvalue weighted by Gasteiger charge is -2.18. The van der Waals surface area contributed by atoms with Crippen LogP contribution in [0.1, 0.15) is 30.9 Å². The third kappa shape index (κ3) is 4.03. The molecule has 1 aromatic carbocycles. The van der Waals surface area contributed by atoms with E-state index in [1.807, 2.05) is 0 Å². The molecule has 0 radical (unpaired) electrons. The molecular weight excluding hydrogens is 236 g/mol. The van der Waals surface area contributed by atoms with Gasteiger partial charge < -0.3 is 15.8 Å². The van der Waals surface area contributed by atoms with Gasteiger partial charge in [0.15, 0.2) is 0 Å². The van der Waals surface area contributed by atoms with Crippen LogP contribution in [0.15, 0.2) is 24.3 Å². The van der Waals surface area contributed by atoms with E-state index in [2.05, 4.69) is 36.5 Å². The number of nitrogens with one attached hydrogen (secondary N) is 1. The zero-order valence-electron chi connectivity index (χ0n) is 11.9. The molecule has 106 valence electrons. The van der Waals surface area contributed by atoms with E-state index >= 15 is 0 Å². The average molecular weight is 262 g/mol. The smallest absolute Gasteiger partial charge is 0.0613 e. The quantitative estimate of drug-likeness (QED) is 0.791. The maximum Gasteiger partial charge on any atom is 0.0613 e. The summed E-state index contributed by atoms with van der Waals surface area (Å²) < 4.78 is 5.72. The molecule has 1 aliphatic rings. The first kappa shape index (κ1) is 14.5. The molecule has 0 bridgehead atoms. The number of ether oxygens (including phenoxy) is 1. The maximum atomic E-state index is 5.72. The highest BCUT2D eigenvalue weighted by Gasteiger charge is 2.25. The molecule has 19 heavy (non-hydrogen) atoms. The Bertz CT molecular complexity index is 381. The minimum Gasteiger partial charge on any atom is -0.378 e. The van der Waals surface area contributed by atoms with Crippen molar-refractivity contribution in [3.8, 4) is 0 Å². The van der Waals surface area contributed by atoms with Gasteiger partial charge in [-0.1, -0.05) is 31.2 Å². The van der Waals surface area contributed by atoms with Crippen LogP contribution in [0.4, 0.5) is 0 Å². The van der Waals surface area contributed by atoms with Crippen molar-refractivity contribution in [2.45, 2.75) is 38.8 Å². The topological polar surface area (TPSA) is 47.3 Å². The fraction of sp³-hybridized carbons (Fsp3) is 0.625. The second-order valence-corrected chi connectivity index (χ2v) is 5.30. The lowest BCUT2D eigenvalue weighted by molar-refractivity contribution is 0.0872. The Labute approximate surface area is 116 Å². The molecule has 2 atom stereocenters. The van der Waals surface area contributed by atoms with Gasteiger partial charge in [-0.25, -0.2) is 0 Å². The van der Waals surface area contributed by atoms with Gasteiger partial charge in [0.05, 0.1) is 6.10 Å². The van der Waals surface area contributed by atoms with E-state index in [9.17, 15) is 0 Å². The van der Waals surface area contributed by atoms with Crippen molar-refractivity contribution >= 4 is 0 Å². The summed E-state index contributed by atoms with van der Waals surface area (Å²) in [4.78, 5) is 0. The molecule has 2 rings (SSSR count). The summed E-state index contributed by atoms with van der Waals surface area (Å²) >= 11 is 0. The zero-order valence-corrected chi connectivity index (χ0v) is 11.9. The van der Waals surface area contributed by atoms with Crippen LogP contribution in [0.25, 0.3) is 0 Å². The molecule has 0 saturated carbocycles. The lowest BCUT2D eigenvalue weighted by atomic mass is 9.99. The van der Waals surface area contributed by atoms with Crippen LogP contribution in [0.2, 0.25) is 0 Å². The van der Waals surface area contributed by atoms with Gasteiger partial charge in [-0.3, -0.25) is 0 Å². The monoisotopic (exact) mass is 262 g/mol. The van der Waals surface area contributed by atoms with Crippen LogP contribution in [-0.4, -0.2) is 25.8 Å². The predicted octanol–water partition coefficient (Wildman–Crippen LogP) is 2.09. The van der Waals surface area contributed by atoms with E-state index in [1.165, 1.54) is 17.5 Å². The Morgan fingerprint density at radius 2 is 2.11 bits per heavy atom. The molecule has 0 aromatic heterocycles. The van der Waals surface area contributed by atoms with Gasteiger partial charge in [-0.2, -0.15) is 0 Å². The highest BCUT2D eigenvalue weighted by molar-refractivity contribution is 5.27. The molecule has 0 amide bonds. The molecule has 0 aliphatic carbocycles. The van der Waals surface area contributed by atoms with Crippen molar-refractivity contribution in [2.75, 3.05) is 19.7 Å². The Hall–Kier alpha value is -0.900. The van der Waals surface area contributed by atoms with Crippen LogP contribution in [0, 0.1) is 5.92 Å². The molecule has 3 N–H and O–H groups in total. The first-order chi connectivity index (χ1) is 9.35. The number of rotatable bonds is 7. The summed E-state index contributed by atoms with van der Waals surface area (Å²) in [6.45, 7) is 5.83. The molecule has 2 unspecified atom stereocenters. The molecular formula is C16H26N2O. The van der Waals surface area contributed by atoms with Crippen molar-refractivity contribution in [1.82, 2.24) is 5.32 Å². The van der Waals surface area contributed by atoms with E-state index in [0.29, 0.717) is 18.6 Å². The van der Waals surface area contributed by atoms with Gasteiger partial charge in [-0.15, -0.1) is 0 Å². The minimum atomic E-state index is 0.451. The molecule has 3 nitrogen and oxygen atoms in total. The van der Waals surface area contributed by atoms with Gasteiger partial charge in [0, 0.05) is 19.7 Å². The number of nitrogens with two attached hydrogens (primary N) is 1. The summed E-state index contributed by atoms with van der Waals surface area (Å²) in [5.74, 6) is 0.673. The Balaban J connectivity index is 1.82. The van der Waals surface area contributed by atoms with Crippen LogP contribution in [-0.2, 0) is 17.7 Å². The van der Waals surface area contributed by atoms with Gasteiger partial charge in [-0.05, 0) is 42.9 Å². The van der Waals surface area contributed by atoms with Crippen molar-refractivity contribution in [3.63, 3.8) is 0 Å². The second kappa shape index (κ2) is 7.63. The number of hydrogen-bond acceptors (Lipinski definition) is 3. The maximum absolute atomic E-state index is 5.72. The average Bonchev–Trinajstić information content (AvgIpc) is 2.88. The molecule has 1 saturated heterocycles. The molecule has 3 heteroatoms. The summed E-state index contributed by atoms with van der Waals surface area (Å²) in [6, 6.07) is 8.56. The lowest BCUT2D eigenvalue weighted by Crippen LogP contribution is -2.28. The molecule has 1 aliphatic heterocycles. The third-order valence-electron chi connectivity index (χ3n) is 4.00.